The highest BCUT2D eigenvalue weighted by Crippen LogP contribution is 2.28. The van der Waals surface area contributed by atoms with Crippen molar-refractivity contribution in [1.29, 1.82) is 0 Å². The van der Waals surface area contributed by atoms with Crippen molar-refractivity contribution < 1.29 is 9.53 Å². The number of carbonyl (C=O) groups excluding carboxylic acids is 1. The lowest BCUT2D eigenvalue weighted by Crippen LogP contribution is -2.30. The lowest BCUT2D eigenvalue weighted by atomic mass is 10.1. The highest BCUT2D eigenvalue weighted by molar-refractivity contribution is 7.80. The Morgan fingerprint density at radius 1 is 1.44 bits per heavy atom. The second kappa shape index (κ2) is 4.96. The number of rotatable bonds is 1. The molecule has 4 nitrogen and oxygen atoms in total. The molecule has 0 fully saturated rings. The third-order valence-corrected chi connectivity index (χ3v) is 3.37. The predicted octanol–water partition coefficient (Wildman–Crippen LogP) is 2.49. The number of benzene rings is 1. The number of ether oxygens (including phenoxy) is 1. The molecule has 0 aliphatic carbocycles. The number of methoxy groups -OCH3 is 1. The molecule has 2 aromatic rings. The van der Waals surface area contributed by atoms with Crippen LogP contribution in [0.5, 0.6) is 0 Å². The summed E-state index contributed by atoms with van der Waals surface area (Å²) in [6.45, 7) is 0. The number of halogens is 1. The summed E-state index contributed by atoms with van der Waals surface area (Å²) in [4.78, 5) is 12.1. The summed E-state index contributed by atoms with van der Waals surface area (Å²) in [5.74, 6) is -0.372. The second-order valence-corrected chi connectivity index (χ2v) is 4.42. The fourth-order valence-electron chi connectivity index (χ4n) is 1.78. The Balaban J connectivity index is 2.54. The standard InChI is InChI=1S/C12H11ClN2O2S/c1-15-8-6-4-3-5-7(8)9(10(15)13)11(16)14-12(18)17-2/h3-6H,1-2H3,(H,14,16,18). The van der Waals surface area contributed by atoms with Crippen molar-refractivity contribution in [3.05, 3.63) is 35.0 Å². The van der Waals surface area contributed by atoms with Crippen LogP contribution >= 0.6 is 23.8 Å². The van der Waals surface area contributed by atoms with Crippen molar-refractivity contribution in [3.63, 3.8) is 0 Å². The molecule has 94 valence electrons. The molecule has 0 radical (unpaired) electrons. The smallest absolute Gasteiger partial charge is 0.263 e. The van der Waals surface area contributed by atoms with Gasteiger partial charge in [0.25, 0.3) is 11.1 Å². The van der Waals surface area contributed by atoms with Gasteiger partial charge in [-0.2, -0.15) is 0 Å². The Morgan fingerprint density at radius 3 is 2.78 bits per heavy atom. The number of thiocarbonyl (C=S) groups is 1. The van der Waals surface area contributed by atoms with Crippen LogP contribution in [0.25, 0.3) is 10.9 Å². The molecule has 1 amide bonds. The lowest BCUT2D eigenvalue weighted by molar-refractivity contribution is 0.0972. The van der Waals surface area contributed by atoms with Crippen molar-refractivity contribution >= 4 is 45.8 Å². The molecule has 1 N–H and O–H groups in total. The quantitative estimate of drug-likeness (QED) is 0.817. The molecule has 1 aromatic carbocycles. The minimum atomic E-state index is -0.372. The van der Waals surface area contributed by atoms with Crippen molar-refractivity contribution in [3.8, 4) is 0 Å². The normalized spacial score (nSPS) is 10.4. The van der Waals surface area contributed by atoms with Gasteiger partial charge in [-0.3, -0.25) is 10.1 Å². The highest BCUT2D eigenvalue weighted by Gasteiger charge is 2.20. The number of nitrogens with zero attached hydrogens (tertiary/aromatic N) is 1. The van der Waals surface area contributed by atoms with Crippen LogP contribution in [0.3, 0.4) is 0 Å². The van der Waals surface area contributed by atoms with Crippen LogP contribution in [0, 0.1) is 0 Å². The maximum atomic E-state index is 12.1. The van der Waals surface area contributed by atoms with E-state index in [9.17, 15) is 4.79 Å². The number of hydrogen-bond donors (Lipinski definition) is 1. The number of nitrogens with one attached hydrogen (secondary N) is 1. The van der Waals surface area contributed by atoms with E-state index in [2.05, 4.69) is 5.32 Å². The van der Waals surface area contributed by atoms with Gasteiger partial charge in [0, 0.05) is 18.0 Å². The number of amides is 1. The molecule has 0 aliphatic heterocycles. The molecule has 1 heterocycles. The van der Waals surface area contributed by atoms with Gasteiger partial charge in [0.05, 0.1) is 12.7 Å². The summed E-state index contributed by atoms with van der Waals surface area (Å²) in [6.07, 6.45) is 0. The van der Waals surface area contributed by atoms with Crippen LogP contribution in [0.15, 0.2) is 24.3 Å². The zero-order valence-corrected chi connectivity index (χ0v) is 11.4. The molecule has 0 saturated heterocycles. The van der Waals surface area contributed by atoms with E-state index in [1.54, 1.807) is 11.6 Å². The Hall–Kier alpha value is -1.59. The summed E-state index contributed by atoms with van der Waals surface area (Å²) in [5.41, 5.74) is 1.28. The second-order valence-electron chi connectivity index (χ2n) is 3.69. The molecule has 0 unspecified atom stereocenters. The highest BCUT2D eigenvalue weighted by atomic mass is 35.5. The summed E-state index contributed by atoms with van der Waals surface area (Å²) >= 11 is 11.0. The minimum absolute atomic E-state index is 0.0176. The van der Waals surface area contributed by atoms with Gasteiger partial charge in [0.15, 0.2) is 0 Å². The zero-order valence-electron chi connectivity index (χ0n) is 9.86. The van der Waals surface area contributed by atoms with Gasteiger partial charge >= 0.3 is 0 Å². The number of para-hydroxylation sites is 1. The van der Waals surface area contributed by atoms with E-state index in [1.165, 1.54) is 7.11 Å². The summed E-state index contributed by atoms with van der Waals surface area (Å²) in [7, 11) is 3.20. The number of aromatic nitrogens is 1. The van der Waals surface area contributed by atoms with Crippen molar-refractivity contribution in [2.75, 3.05) is 7.11 Å². The number of carbonyl (C=O) groups is 1. The average molecular weight is 283 g/mol. The molecular weight excluding hydrogens is 272 g/mol. The largest absolute Gasteiger partial charge is 0.474 e. The first-order chi connectivity index (χ1) is 8.56. The van der Waals surface area contributed by atoms with Crippen LogP contribution in [-0.4, -0.2) is 22.8 Å². The lowest BCUT2D eigenvalue weighted by Gasteiger charge is -2.04. The molecule has 0 bridgehead atoms. The minimum Gasteiger partial charge on any atom is -0.474 e. The molecule has 1 aromatic heterocycles. The Morgan fingerprint density at radius 2 is 2.11 bits per heavy atom. The van der Waals surface area contributed by atoms with Gasteiger partial charge in [0.1, 0.15) is 5.15 Å². The Bertz CT molecular complexity index is 636. The van der Waals surface area contributed by atoms with Gasteiger partial charge in [0.2, 0.25) is 0 Å². The number of fused-ring (bicyclic) bond motifs is 1. The van der Waals surface area contributed by atoms with E-state index in [-0.39, 0.29) is 11.1 Å². The van der Waals surface area contributed by atoms with Crippen LogP contribution in [0.1, 0.15) is 10.4 Å². The molecule has 2 rings (SSSR count). The first kappa shape index (κ1) is 12.9. The fourth-order valence-corrected chi connectivity index (χ4v) is 2.16. The van der Waals surface area contributed by atoms with E-state index in [0.717, 1.165) is 10.9 Å². The maximum absolute atomic E-state index is 12.1. The average Bonchev–Trinajstić information content (AvgIpc) is 2.62. The van der Waals surface area contributed by atoms with Gasteiger partial charge in [-0.05, 0) is 18.3 Å². The molecule has 6 heteroatoms. The number of hydrogen-bond acceptors (Lipinski definition) is 3. The van der Waals surface area contributed by atoms with E-state index in [1.807, 2.05) is 24.3 Å². The van der Waals surface area contributed by atoms with Gasteiger partial charge < -0.3 is 9.30 Å². The third kappa shape index (κ3) is 2.07. The fraction of sp³-hybridized carbons (Fsp3) is 0.167. The summed E-state index contributed by atoms with van der Waals surface area (Å²) < 4.78 is 6.50. The van der Waals surface area contributed by atoms with Crippen molar-refractivity contribution in [1.82, 2.24) is 9.88 Å². The molecule has 0 spiro atoms. The molecule has 0 saturated carbocycles. The SMILES string of the molecule is COC(=S)NC(=O)c1c(Cl)n(C)c2ccccc12. The van der Waals surface area contributed by atoms with Crippen LogP contribution < -0.4 is 5.32 Å². The van der Waals surface area contributed by atoms with Crippen molar-refractivity contribution in [2.45, 2.75) is 0 Å². The predicted molar refractivity (Wildman–Crippen MR) is 75.0 cm³/mol. The molecule has 0 aliphatic rings. The summed E-state index contributed by atoms with van der Waals surface area (Å²) in [6, 6.07) is 7.48. The van der Waals surface area contributed by atoms with Crippen molar-refractivity contribution in [2.24, 2.45) is 7.05 Å². The first-order valence-electron chi connectivity index (χ1n) is 5.18. The van der Waals surface area contributed by atoms with Gasteiger partial charge in [-0.15, -0.1) is 0 Å². The first-order valence-corrected chi connectivity index (χ1v) is 5.97. The zero-order chi connectivity index (χ0) is 13.3. The Labute approximate surface area is 114 Å². The van der Waals surface area contributed by atoms with Gasteiger partial charge in [-0.25, -0.2) is 0 Å². The Kier molecular flexibility index (Phi) is 3.54. The van der Waals surface area contributed by atoms with E-state index < -0.39 is 0 Å². The van der Waals surface area contributed by atoms with E-state index in [4.69, 9.17) is 28.6 Å². The third-order valence-electron chi connectivity index (χ3n) is 2.66. The van der Waals surface area contributed by atoms with Gasteiger partial charge in [-0.1, -0.05) is 29.8 Å². The topological polar surface area (TPSA) is 43.3 Å². The van der Waals surface area contributed by atoms with E-state index in [0.29, 0.717) is 10.7 Å². The monoisotopic (exact) mass is 282 g/mol. The maximum Gasteiger partial charge on any atom is 0.263 e. The summed E-state index contributed by atoms with van der Waals surface area (Å²) in [5, 5.41) is 3.63. The molecule has 0 atom stereocenters. The van der Waals surface area contributed by atoms with Crippen LogP contribution in [0.4, 0.5) is 0 Å². The van der Waals surface area contributed by atoms with E-state index >= 15 is 0 Å². The molecule has 18 heavy (non-hydrogen) atoms. The van der Waals surface area contributed by atoms with Crippen LogP contribution in [0.2, 0.25) is 5.15 Å². The van der Waals surface area contributed by atoms with Crippen LogP contribution in [-0.2, 0) is 11.8 Å². The molecular formula is C12H11ClN2O2S. The number of aryl methyl sites for hydroxylation is 1.